The molecule has 0 bridgehead atoms. The summed E-state index contributed by atoms with van der Waals surface area (Å²) in [4.78, 5) is 15.9. The molecular formula is C46H28N4S. The van der Waals surface area contributed by atoms with Crippen molar-refractivity contribution in [1.29, 1.82) is 5.26 Å². The van der Waals surface area contributed by atoms with Crippen molar-refractivity contribution in [3.05, 3.63) is 175 Å². The van der Waals surface area contributed by atoms with Crippen molar-refractivity contribution in [3.63, 3.8) is 0 Å². The third-order valence-corrected chi connectivity index (χ3v) is 10.3. The summed E-state index contributed by atoms with van der Waals surface area (Å²) in [5.74, 6) is 1.98. The zero-order valence-electron chi connectivity index (χ0n) is 27.4. The van der Waals surface area contributed by atoms with Gasteiger partial charge in [-0.05, 0) is 73.8 Å². The number of hydrogen-bond donors (Lipinski definition) is 0. The van der Waals surface area contributed by atoms with Gasteiger partial charge in [0.2, 0.25) is 0 Å². The molecule has 0 N–H and O–H groups in total. The van der Waals surface area contributed by atoms with Crippen molar-refractivity contribution in [1.82, 2.24) is 15.0 Å². The molecule has 9 rings (SSSR count). The van der Waals surface area contributed by atoms with Gasteiger partial charge in [-0.3, -0.25) is 0 Å². The van der Waals surface area contributed by atoms with E-state index in [1.54, 1.807) is 11.3 Å². The minimum absolute atomic E-state index is 0.646. The second kappa shape index (κ2) is 12.9. The third kappa shape index (κ3) is 5.84. The fourth-order valence-corrected chi connectivity index (χ4v) is 7.60. The predicted molar refractivity (Wildman–Crippen MR) is 210 cm³/mol. The maximum absolute atomic E-state index is 9.15. The van der Waals surface area contributed by atoms with E-state index in [2.05, 4.69) is 121 Å². The Morgan fingerprint density at radius 1 is 0.412 bits per heavy atom. The summed E-state index contributed by atoms with van der Waals surface area (Å²) in [7, 11) is 0. The number of rotatable bonds is 6. The van der Waals surface area contributed by atoms with E-state index in [0.717, 1.165) is 38.3 Å². The minimum Gasteiger partial charge on any atom is -0.208 e. The Morgan fingerprint density at radius 2 is 0.882 bits per heavy atom. The summed E-state index contributed by atoms with van der Waals surface area (Å²) in [6.07, 6.45) is 0. The molecule has 0 fully saturated rings. The number of thiophene rings is 1. The first-order chi connectivity index (χ1) is 25.2. The number of fused-ring (bicyclic) bond motifs is 2. The maximum Gasteiger partial charge on any atom is 0.174 e. The molecule has 2 heterocycles. The van der Waals surface area contributed by atoms with Gasteiger partial charge in [0.05, 0.1) is 16.5 Å². The molecule has 7 aromatic carbocycles. The number of aromatic nitrogens is 3. The van der Waals surface area contributed by atoms with Crippen LogP contribution in [0.3, 0.4) is 0 Å². The molecule has 4 nitrogen and oxygen atoms in total. The van der Waals surface area contributed by atoms with E-state index >= 15 is 0 Å². The van der Waals surface area contributed by atoms with Crippen LogP contribution < -0.4 is 0 Å². The highest BCUT2D eigenvalue weighted by Gasteiger charge is 2.15. The number of nitriles is 1. The summed E-state index contributed by atoms with van der Waals surface area (Å²) in [6, 6.07) is 60.8. The Labute approximate surface area is 299 Å². The van der Waals surface area contributed by atoms with Gasteiger partial charge in [0.25, 0.3) is 0 Å². The Morgan fingerprint density at radius 3 is 1.47 bits per heavy atom. The van der Waals surface area contributed by atoms with Crippen LogP contribution in [0.5, 0.6) is 0 Å². The number of hydrogen-bond acceptors (Lipinski definition) is 5. The third-order valence-electron chi connectivity index (χ3n) is 9.23. The van der Waals surface area contributed by atoms with Gasteiger partial charge in [0, 0.05) is 15.8 Å². The highest BCUT2D eigenvalue weighted by Crippen LogP contribution is 2.38. The van der Waals surface area contributed by atoms with E-state index in [1.807, 2.05) is 54.6 Å². The van der Waals surface area contributed by atoms with Gasteiger partial charge >= 0.3 is 0 Å². The summed E-state index contributed by atoms with van der Waals surface area (Å²) < 4.78 is 1.21. The zero-order valence-corrected chi connectivity index (χ0v) is 28.2. The van der Waals surface area contributed by atoms with Gasteiger partial charge in [-0.1, -0.05) is 146 Å². The molecule has 9 aromatic rings. The Bertz CT molecular complexity index is 2690. The van der Waals surface area contributed by atoms with Crippen LogP contribution in [0, 0.1) is 11.3 Å². The molecule has 0 amide bonds. The Balaban J connectivity index is 1.07. The first-order valence-electron chi connectivity index (χ1n) is 16.7. The van der Waals surface area contributed by atoms with Crippen LogP contribution in [0.2, 0.25) is 0 Å². The van der Waals surface area contributed by atoms with E-state index in [9.17, 15) is 0 Å². The van der Waals surface area contributed by atoms with Gasteiger partial charge in [-0.25, -0.2) is 15.0 Å². The molecule has 0 spiro atoms. The molecule has 0 unspecified atom stereocenters. The van der Waals surface area contributed by atoms with Crippen molar-refractivity contribution in [2.75, 3.05) is 0 Å². The standard InChI is InChI=1S/C46H28N4S/c47-29-30-14-16-31(17-15-30)32-18-20-33(21-19-32)38-26-27-39(41-12-6-5-11-40(38)41)34-22-24-36(25-23-34)45-48-44(35-8-2-1-3-9-35)49-46(50-45)43-28-37-10-4-7-13-42(37)51-43/h1-28H. The molecule has 238 valence electrons. The number of benzene rings is 7. The van der Waals surface area contributed by atoms with Crippen LogP contribution in [0.25, 0.3) is 87.7 Å². The fraction of sp³-hybridized carbons (Fsp3) is 0. The van der Waals surface area contributed by atoms with Crippen molar-refractivity contribution < 1.29 is 0 Å². The summed E-state index contributed by atoms with van der Waals surface area (Å²) in [5, 5.41) is 12.7. The van der Waals surface area contributed by atoms with E-state index in [0.29, 0.717) is 23.0 Å². The van der Waals surface area contributed by atoms with Crippen LogP contribution in [0.15, 0.2) is 170 Å². The Kier molecular flexibility index (Phi) is 7.70. The number of nitrogens with zero attached hydrogens (tertiary/aromatic N) is 4. The second-order valence-electron chi connectivity index (χ2n) is 12.4. The molecule has 51 heavy (non-hydrogen) atoms. The van der Waals surface area contributed by atoms with Crippen molar-refractivity contribution in [3.8, 4) is 72.9 Å². The van der Waals surface area contributed by atoms with Crippen LogP contribution in [-0.4, -0.2) is 15.0 Å². The molecule has 0 aliphatic rings. The quantitative estimate of drug-likeness (QED) is 0.177. The molecule has 0 saturated heterocycles. The lowest BCUT2D eigenvalue weighted by Gasteiger charge is -2.13. The molecule has 0 saturated carbocycles. The van der Waals surface area contributed by atoms with Gasteiger partial charge in [-0.15, -0.1) is 11.3 Å². The first-order valence-corrected chi connectivity index (χ1v) is 17.6. The molecule has 0 aliphatic heterocycles. The van der Waals surface area contributed by atoms with Crippen molar-refractivity contribution in [2.24, 2.45) is 0 Å². The second-order valence-corrected chi connectivity index (χ2v) is 13.5. The summed E-state index contributed by atoms with van der Waals surface area (Å²) >= 11 is 1.70. The van der Waals surface area contributed by atoms with E-state index in [1.165, 1.54) is 32.0 Å². The lowest BCUT2D eigenvalue weighted by Crippen LogP contribution is -1.99. The van der Waals surface area contributed by atoms with Crippen molar-refractivity contribution >= 4 is 32.2 Å². The lowest BCUT2D eigenvalue weighted by molar-refractivity contribution is 1.08. The van der Waals surface area contributed by atoms with Crippen LogP contribution in [-0.2, 0) is 0 Å². The lowest BCUT2D eigenvalue weighted by atomic mass is 9.91. The van der Waals surface area contributed by atoms with Gasteiger partial charge in [0.15, 0.2) is 17.5 Å². The fourth-order valence-electron chi connectivity index (χ4n) is 6.60. The predicted octanol–water partition coefficient (Wildman–Crippen LogP) is 12.1. The molecule has 5 heteroatoms. The average molecular weight is 669 g/mol. The highest BCUT2D eigenvalue weighted by atomic mass is 32.1. The largest absolute Gasteiger partial charge is 0.208 e. The van der Waals surface area contributed by atoms with E-state index < -0.39 is 0 Å². The highest BCUT2D eigenvalue weighted by molar-refractivity contribution is 7.22. The monoisotopic (exact) mass is 668 g/mol. The van der Waals surface area contributed by atoms with Gasteiger partial charge < -0.3 is 0 Å². The minimum atomic E-state index is 0.646. The van der Waals surface area contributed by atoms with Crippen LogP contribution in [0.1, 0.15) is 5.56 Å². The smallest absolute Gasteiger partial charge is 0.174 e. The summed E-state index contributed by atoms with van der Waals surface area (Å²) in [5.41, 5.74) is 9.40. The van der Waals surface area contributed by atoms with Crippen LogP contribution in [0.4, 0.5) is 0 Å². The van der Waals surface area contributed by atoms with E-state index in [-0.39, 0.29) is 0 Å². The molecule has 0 aliphatic carbocycles. The normalized spacial score (nSPS) is 11.1. The topological polar surface area (TPSA) is 62.5 Å². The SMILES string of the molecule is N#Cc1ccc(-c2ccc(-c3ccc(-c4ccc(-c5nc(-c6ccccc6)nc(-c6cc7ccccc7s6)n5)cc4)c4ccccc34)cc2)cc1. The molecular weight excluding hydrogens is 641 g/mol. The zero-order chi connectivity index (χ0) is 34.1. The average Bonchev–Trinajstić information content (AvgIpc) is 3.66. The molecule has 0 atom stereocenters. The van der Waals surface area contributed by atoms with Gasteiger partial charge in [0.1, 0.15) is 0 Å². The summed E-state index contributed by atoms with van der Waals surface area (Å²) in [6.45, 7) is 0. The Hall–Kier alpha value is -6.74. The first kappa shape index (κ1) is 30.3. The maximum atomic E-state index is 9.15. The van der Waals surface area contributed by atoms with E-state index in [4.69, 9.17) is 20.2 Å². The van der Waals surface area contributed by atoms with Crippen molar-refractivity contribution in [2.45, 2.75) is 0 Å². The molecule has 0 radical (unpaired) electrons. The molecule has 2 aromatic heterocycles. The van der Waals surface area contributed by atoms with Crippen LogP contribution >= 0.6 is 11.3 Å². The van der Waals surface area contributed by atoms with Gasteiger partial charge in [-0.2, -0.15) is 5.26 Å².